The van der Waals surface area contributed by atoms with Crippen LogP contribution in [-0.2, 0) is 9.84 Å². The molecule has 0 unspecified atom stereocenters. The number of sulfone groups is 1. The lowest BCUT2D eigenvalue weighted by Crippen LogP contribution is -2.07. The molecular weight excluding hydrogens is 336 g/mol. The molecule has 118 valence electrons. The maximum Gasteiger partial charge on any atom is 0.219 e. The van der Waals surface area contributed by atoms with Gasteiger partial charge in [-0.2, -0.15) is 5.26 Å². The highest BCUT2D eigenvalue weighted by Crippen LogP contribution is 2.26. The number of allylic oxidation sites excluding steroid dienone is 1. The molecule has 1 aromatic carbocycles. The number of rotatable bonds is 4. The summed E-state index contributed by atoms with van der Waals surface area (Å²) < 4.78 is 25.0. The summed E-state index contributed by atoms with van der Waals surface area (Å²) in [6.07, 6.45) is 1.10. The predicted octanol–water partition coefficient (Wildman–Crippen LogP) is 3.00. The summed E-state index contributed by atoms with van der Waals surface area (Å²) in [5, 5.41) is 12.0. The van der Waals surface area contributed by atoms with Crippen LogP contribution in [0.25, 0.3) is 0 Å². The van der Waals surface area contributed by atoms with E-state index in [4.69, 9.17) is 11.6 Å². The molecule has 0 amide bonds. The molecule has 0 fully saturated rings. The Bertz CT molecular complexity index is 897. The van der Waals surface area contributed by atoms with Crippen LogP contribution in [0.3, 0.4) is 0 Å². The Morgan fingerprint density at radius 3 is 2.61 bits per heavy atom. The SMILES string of the molecule is Cc1cc(NC=C(C#N)S(=O)(=O)c2ccccc2Cl)nc(C)n1. The predicted molar refractivity (Wildman–Crippen MR) is 87.5 cm³/mol. The van der Waals surface area contributed by atoms with Gasteiger partial charge in [0.25, 0.3) is 0 Å². The van der Waals surface area contributed by atoms with Crippen LogP contribution in [0.15, 0.2) is 46.3 Å². The quantitative estimate of drug-likeness (QED) is 0.853. The van der Waals surface area contributed by atoms with Gasteiger partial charge in [0.15, 0.2) is 4.91 Å². The van der Waals surface area contributed by atoms with Crippen LogP contribution < -0.4 is 5.32 Å². The second-order valence-corrected chi connectivity index (χ2v) is 6.93. The van der Waals surface area contributed by atoms with Gasteiger partial charge in [-0.05, 0) is 26.0 Å². The number of halogens is 1. The number of anilines is 1. The highest BCUT2D eigenvalue weighted by molar-refractivity contribution is 7.95. The summed E-state index contributed by atoms with van der Waals surface area (Å²) >= 11 is 5.91. The Balaban J connectivity index is 2.39. The highest BCUT2D eigenvalue weighted by Gasteiger charge is 2.23. The van der Waals surface area contributed by atoms with Crippen molar-refractivity contribution in [2.24, 2.45) is 0 Å². The first kappa shape index (κ1) is 16.9. The van der Waals surface area contributed by atoms with Crippen LogP contribution in [-0.4, -0.2) is 18.4 Å². The zero-order chi connectivity index (χ0) is 17.0. The highest BCUT2D eigenvalue weighted by atomic mass is 35.5. The molecule has 1 heterocycles. The molecule has 2 aromatic rings. The fourth-order valence-corrected chi connectivity index (χ4v) is 3.48. The molecule has 0 aliphatic heterocycles. The van der Waals surface area contributed by atoms with Crippen molar-refractivity contribution < 1.29 is 8.42 Å². The summed E-state index contributed by atoms with van der Waals surface area (Å²) in [5.41, 5.74) is 0.723. The lowest BCUT2D eigenvalue weighted by Gasteiger charge is -2.06. The van der Waals surface area contributed by atoms with E-state index in [1.54, 1.807) is 38.1 Å². The maximum absolute atomic E-state index is 12.5. The zero-order valence-corrected chi connectivity index (χ0v) is 14.0. The van der Waals surface area contributed by atoms with Crippen LogP contribution >= 0.6 is 11.6 Å². The number of aromatic nitrogens is 2. The van der Waals surface area contributed by atoms with Crippen molar-refractivity contribution >= 4 is 27.3 Å². The Kier molecular flexibility index (Phi) is 4.98. The topological polar surface area (TPSA) is 95.7 Å². The molecular formula is C15H13ClN4O2S. The van der Waals surface area contributed by atoms with Gasteiger partial charge in [0.1, 0.15) is 17.7 Å². The first-order chi connectivity index (χ1) is 10.8. The number of aryl methyl sites for hydroxylation is 2. The lowest BCUT2D eigenvalue weighted by atomic mass is 10.4. The van der Waals surface area contributed by atoms with Crippen molar-refractivity contribution in [2.75, 3.05) is 5.32 Å². The number of nitriles is 1. The lowest BCUT2D eigenvalue weighted by molar-refractivity contribution is 0.603. The second kappa shape index (κ2) is 6.77. The van der Waals surface area contributed by atoms with Gasteiger partial charge in [-0.3, -0.25) is 0 Å². The van der Waals surface area contributed by atoms with Gasteiger partial charge in [-0.15, -0.1) is 0 Å². The van der Waals surface area contributed by atoms with Crippen molar-refractivity contribution in [2.45, 2.75) is 18.7 Å². The summed E-state index contributed by atoms with van der Waals surface area (Å²) in [6, 6.07) is 9.27. The number of benzene rings is 1. The van der Waals surface area contributed by atoms with E-state index in [0.717, 1.165) is 11.9 Å². The Morgan fingerprint density at radius 2 is 2.00 bits per heavy atom. The maximum atomic E-state index is 12.5. The fourth-order valence-electron chi connectivity index (χ4n) is 1.88. The molecule has 1 aromatic heterocycles. The van der Waals surface area contributed by atoms with E-state index >= 15 is 0 Å². The van der Waals surface area contributed by atoms with Gasteiger partial charge >= 0.3 is 0 Å². The average molecular weight is 349 g/mol. The molecule has 1 N–H and O–H groups in total. The Labute approximate surface area is 139 Å². The minimum atomic E-state index is -4.01. The van der Waals surface area contributed by atoms with E-state index in [1.165, 1.54) is 12.1 Å². The minimum absolute atomic E-state index is 0.0578. The monoisotopic (exact) mass is 348 g/mol. The molecule has 23 heavy (non-hydrogen) atoms. The molecule has 0 saturated carbocycles. The van der Waals surface area contributed by atoms with E-state index in [0.29, 0.717) is 11.6 Å². The molecule has 6 nitrogen and oxygen atoms in total. The molecule has 0 atom stereocenters. The number of hydrogen-bond donors (Lipinski definition) is 1. The smallest absolute Gasteiger partial charge is 0.219 e. The third kappa shape index (κ3) is 3.86. The van der Waals surface area contributed by atoms with Crippen LogP contribution in [0.5, 0.6) is 0 Å². The van der Waals surface area contributed by atoms with Crippen molar-refractivity contribution in [3.05, 3.63) is 58.0 Å². The second-order valence-electron chi connectivity index (χ2n) is 4.64. The standard InChI is InChI=1S/C15H13ClN4O2S/c1-10-7-15(20-11(2)19-10)18-9-12(8-17)23(21,22)14-6-4-3-5-13(14)16/h3-7,9H,1-2H3,(H,18,19,20). The molecule has 0 aliphatic carbocycles. The normalized spacial score (nSPS) is 11.8. The summed E-state index contributed by atoms with van der Waals surface area (Å²) in [6.45, 7) is 3.50. The summed E-state index contributed by atoms with van der Waals surface area (Å²) in [5.74, 6) is 0.936. The molecule has 0 bridgehead atoms. The van der Waals surface area contributed by atoms with Crippen LogP contribution in [0, 0.1) is 25.2 Å². The van der Waals surface area contributed by atoms with Crippen molar-refractivity contribution in [1.82, 2.24) is 9.97 Å². The summed E-state index contributed by atoms with van der Waals surface area (Å²) in [7, 11) is -4.01. The minimum Gasteiger partial charge on any atom is -0.344 e. The van der Waals surface area contributed by atoms with Crippen molar-refractivity contribution in [3.8, 4) is 6.07 Å². The first-order valence-corrected chi connectivity index (χ1v) is 8.39. The van der Waals surface area contributed by atoms with Gasteiger partial charge in [-0.25, -0.2) is 18.4 Å². The molecule has 0 aliphatic rings. The summed E-state index contributed by atoms with van der Waals surface area (Å²) in [4.78, 5) is 7.65. The van der Waals surface area contributed by atoms with E-state index in [2.05, 4.69) is 15.3 Å². The van der Waals surface area contributed by atoms with E-state index in [9.17, 15) is 13.7 Å². The fraction of sp³-hybridized carbons (Fsp3) is 0.133. The number of nitrogens with one attached hydrogen (secondary N) is 1. The van der Waals surface area contributed by atoms with Crippen LogP contribution in [0.1, 0.15) is 11.5 Å². The van der Waals surface area contributed by atoms with Crippen LogP contribution in [0.4, 0.5) is 5.82 Å². The van der Waals surface area contributed by atoms with Gasteiger partial charge in [-0.1, -0.05) is 23.7 Å². The molecule has 0 spiro atoms. The number of nitrogens with zero attached hydrogens (tertiary/aromatic N) is 3. The van der Waals surface area contributed by atoms with Gasteiger partial charge in [0.2, 0.25) is 9.84 Å². The third-order valence-electron chi connectivity index (χ3n) is 2.84. The average Bonchev–Trinajstić information content (AvgIpc) is 2.47. The largest absolute Gasteiger partial charge is 0.344 e. The molecule has 2 rings (SSSR count). The van der Waals surface area contributed by atoms with E-state index in [-0.39, 0.29) is 9.92 Å². The van der Waals surface area contributed by atoms with Crippen LogP contribution in [0.2, 0.25) is 5.02 Å². The van der Waals surface area contributed by atoms with E-state index < -0.39 is 14.7 Å². The number of hydrogen-bond acceptors (Lipinski definition) is 6. The first-order valence-electron chi connectivity index (χ1n) is 6.53. The van der Waals surface area contributed by atoms with Gasteiger partial charge in [0, 0.05) is 18.0 Å². The van der Waals surface area contributed by atoms with Gasteiger partial charge < -0.3 is 5.32 Å². The third-order valence-corrected chi connectivity index (χ3v) is 5.01. The van der Waals surface area contributed by atoms with E-state index in [1.807, 2.05) is 0 Å². The van der Waals surface area contributed by atoms with Crippen molar-refractivity contribution in [1.29, 1.82) is 5.26 Å². The molecule has 0 radical (unpaired) electrons. The Morgan fingerprint density at radius 1 is 1.30 bits per heavy atom. The zero-order valence-electron chi connectivity index (χ0n) is 12.4. The molecule has 0 saturated heterocycles. The van der Waals surface area contributed by atoms with Crippen molar-refractivity contribution in [3.63, 3.8) is 0 Å². The molecule has 8 heteroatoms. The Hall–Kier alpha value is -2.43. The van der Waals surface area contributed by atoms with Gasteiger partial charge in [0.05, 0.1) is 9.92 Å².